The van der Waals surface area contributed by atoms with Crippen LogP contribution in [0.25, 0.3) is 11.3 Å². The third kappa shape index (κ3) is 2.31. The van der Waals surface area contributed by atoms with Gasteiger partial charge in [-0.15, -0.1) is 11.3 Å². The Morgan fingerprint density at radius 1 is 1.45 bits per heavy atom. The summed E-state index contributed by atoms with van der Waals surface area (Å²) in [6.45, 7) is 4.94. The number of rotatable bonds is 1. The summed E-state index contributed by atoms with van der Waals surface area (Å²) >= 11 is 7.65. The molecule has 0 saturated carbocycles. The summed E-state index contributed by atoms with van der Waals surface area (Å²) in [4.78, 5) is 6.50. The first-order valence-electron chi connectivity index (χ1n) is 6.31. The zero-order chi connectivity index (χ0) is 14.5. The molecule has 1 aromatic carbocycles. The number of ether oxygens (including phenoxy) is 1. The molecule has 20 heavy (non-hydrogen) atoms. The van der Waals surface area contributed by atoms with Crippen molar-refractivity contribution in [1.29, 1.82) is 0 Å². The highest BCUT2D eigenvalue weighted by atomic mass is 35.5. The minimum atomic E-state index is -0.258. The number of hydrogen-bond acceptors (Lipinski definition) is 5. The lowest BCUT2D eigenvalue weighted by Gasteiger charge is -2.39. The van der Waals surface area contributed by atoms with Gasteiger partial charge in [-0.1, -0.05) is 11.6 Å². The van der Waals surface area contributed by atoms with Gasteiger partial charge >= 0.3 is 0 Å². The maximum absolute atomic E-state index is 6.24. The lowest BCUT2D eigenvalue weighted by Crippen LogP contribution is -2.45. The van der Waals surface area contributed by atoms with Crippen molar-refractivity contribution >= 4 is 33.8 Å². The molecule has 0 atom stereocenters. The minimum Gasteiger partial charge on any atom is -0.483 e. The molecule has 0 saturated heterocycles. The second kappa shape index (κ2) is 4.53. The van der Waals surface area contributed by atoms with Crippen molar-refractivity contribution < 1.29 is 4.74 Å². The molecule has 1 aliphatic heterocycles. The van der Waals surface area contributed by atoms with Gasteiger partial charge in [0, 0.05) is 23.0 Å². The number of halogens is 1. The van der Waals surface area contributed by atoms with Crippen molar-refractivity contribution in [3.8, 4) is 17.0 Å². The number of nitrogens with zero attached hydrogens (tertiary/aromatic N) is 2. The molecule has 2 aromatic rings. The van der Waals surface area contributed by atoms with E-state index in [2.05, 4.69) is 23.7 Å². The van der Waals surface area contributed by atoms with Crippen LogP contribution in [0, 0.1) is 0 Å². The van der Waals surface area contributed by atoms with Crippen LogP contribution in [-0.4, -0.2) is 24.2 Å². The van der Waals surface area contributed by atoms with Gasteiger partial charge in [0.25, 0.3) is 0 Å². The molecular formula is C14H16ClN3OS. The Bertz CT molecular complexity index is 668. The van der Waals surface area contributed by atoms with Crippen LogP contribution in [0.4, 0.5) is 10.8 Å². The number of fused-ring (bicyclic) bond motifs is 1. The van der Waals surface area contributed by atoms with Gasteiger partial charge in [0.1, 0.15) is 5.60 Å². The lowest BCUT2D eigenvalue weighted by atomic mass is 10.0. The van der Waals surface area contributed by atoms with E-state index in [1.54, 1.807) is 0 Å². The zero-order valence-corrected chi connectivity index (χ0v) is 13.2. The van der Waals surface area contributed by atoms with Gasteiger partial charge in [-0.3, -0.25) is 0 Å². The van der Waals surface area contributed by atoms with E-state index in [4.69, 9.17) is 22.1 Å². The van der Waals surface area contributed by atoms with Gasteiger partial charge in [0.15, 0.2) is 10.9 Å². The Morgan fingerprint density at radius 3 is 2.85 bits per heavy atom. The van der Waals surface area contributed by atoms with E-state index in [-0.39, 0.29) is 5.60 Å². The number of nitrogens with two attached hydrogens (primary N) is 1. The van der Waals surface area contributed by atoms with Crippen molar-refractivity contribution in [2.75, 3.05) is 24.2 Å². The molecule has 4 nitrogen and oxygen atoms in total. The van der Waals surface area contributed by atoms with Crippen molar-refractivity contribution in [2.24, 2.45) is 0 Å². The van der Waals surface area contributed by atoms with E-state index in [9.17, 15) is 0 Å². The Morgan fingerprint density at radius 2 is 2.20 bits per heavy atom. The number of aromatic nitrogens is 1. The van der Waals surface area contributed by atoms with Gasteiger partial charge < -0.3 is 15.4 Å². The highest BCUT2D eigenvalue weighted by Gasteiger charge is 2.32. The van der Waals surface area contributed by atoms with E-state index in [0.717, 1.165) is 29.2 Å². The average Bonchev–Trinajstić information content (AvgIpc) is 2.75. The molecule has 6 heteroatoms. The number of hydrogen-bond donors (Lipinski definition) is 1. The minimum absolute atomic E-state index is 0.258. The monoisotopic (exact) mass is 309 g/mol. The molecule has 0 spiro atoms. The molecule has 0 aliphatic carbocycles. The molecule has 1 aliphatic rings. The van der Waals surface area contributed by atoms with Crippen molar-refractivity contribution in [3.05, 3.63) is 22.5 Å². The molecule has 0 radical (unpaired) electrons. The average molecular weight is 310 g/mol. The zero-order valence-electron chi connectivity index (χ0n) is 11.6. The largest absolute Gasteiger partial charge is 0.483 e. The maximum atomic E-state index is 6.24. The fraction of sp³-hybridized carbons (Fsp3) is 0.357. The van der Waals surface area contributed by atoms with Crippen LogP contribution in [-0.2, 0) is 0 Å². The molecule has 2 heterocycles. The quantitative estimate of drug-likeness (QED) is 0.873. The van der Waals surface area contributed by atoms with E-state index in [1.807, 2.05) is 24.6 Å². The number of nitrogen functional groups attached to an aromatic ring is 1. The number of thiazole rings is 1. The SMILES string of the molecule is CN1CC(C)(C)Oc2c(-c3csc(N)n3)cc(Cl)cc21. The Balaban J connectivity index is 2.21. The predicted octanol–water partition coefficient (Wildman–Crippen LogP) is 3.65. The Labute approximate surface area is 127 Å². The third-order valence-corrected chi connectivity index (χ3v) is 4.13. The van der Waals surface area contributed by atoms with E-state index in [1.165, 1.54) is 11.3 Å². The third-order valence-electron chi connectivity index (χ3n) is 3.24. The molecule has 2 N–H and O–H groups in total. The first-order valence-corrected chi connectivity index (χ1v) is 7.56. The van der Waals surface area contributed by atoms with Crippen molar-refractivity contribution in [2.45, 2.75) is 19.4 Å². The van der Waals surface area contributed by atoms with Crippen molar-refractivity contribution in [3.63, 3.8) is 0 Å². The van der Waals surface area contributed by atoms with E-state index in [0.29, 0.717) is 10.2 Å². The second-order valence-electron chi connectivity index (χ2n) is 5.59. The summed E-state index contributed by atoms with van der Waals surface area (Å²) in [5.74, 6) is 0.818. The van der Waals surface area contributed by atoms with Gasteiger partial charge in [-0.25, -0.2) is 4.98 Å². The molecule has 0 amide bonds. The van der Waals surface area contributed by atoms with Gasteiger partial charge in [0.05, 0.1) is 17.9 Å². The van der Waals surface area contributed by atoms with Crippen LogP contribution in [0.2, 0.25) is 5.02 Å². The van der Waals surface area contributed by atoms with Crippen LogP contribution in [0.1, 0.15) is 13.8 Å². The molecule has 3 rings (SSSR count). The second-order valence-corrected chi connectivity index (χ2v) is 6.92. The van der Waals surface area contributed by atoms with E-state index >= 15 is 0 Å². The summed E-state index contributed by atoms with van der Waals surface area (Å²) in [6.07, 6.45) is 0. The van der Waals surface area contributed by atoms with Gasteiger partial charge in [0.2, 0.25) is 0 Å². The summed E-state index contributed by atoms with van der Waals surface area (Å²) in [5.41, 5.74) is 8.15. The van der Waals surface area contributed by atoms with Gasteiger partial charge in [-0.2, -0.15) is 0 Å². The smallest absolute Gasteiger partial charge is 0.180 e. The molecule has 0 unspecified atom stereocenters. The Kier molecular flexibility index (Phi) is 3.06. The molecule has 0 fully saturated rings. The van der Waals surface area contributed by atoms with Crippen LogP contribution in [0.15, 0.2) is 17.5 Å². The summed E-state index contributed by atoms with van der Waals surface area (Å²) in [6, 6.07) is 3.80. The highest BCUT2D eigenvalue weighted by Crippen LogP contribution is 2.45. The topological polar surface area (TPSA) is 51.4 Å². The lowest BCUT2D eigenvalue weighted by molar-refractivity contribution is 0.108. The maximum Gasteiger partial charge on any atom is 0.180 e. The van der Waals surface area contributed by atoms with E-state index < -0.39 is 0 Å². The summed E-state index contributed by atoms with van der Waals surface area (Å²) in [7, 11) is 2.04. The highest BCUT2D eigenvalue weighted by molar-refractivity contribution is 7.13. The normalized spacial score (nSPS) is 16.7. The number of anilines is 2. The molecule has 0 bridgehead atoms. The first-order chi connectivity index (χ1) is 9.35. The fourth-order valence-electron chi connectivity index (χ4n) is 2.54. The van der Waals surface area contributed by atoms with Crippen LogP contribution < -0.4 is 15.4 Å². The van der Waals surface area contributed by atoms with Crippen LogP contribution in [0.5, 0.6) is 5.75 Å². The fourth-order valence-corrected chi connectivity index (χ4v) is 3.31. The molecular weight excluding hydrogens is 294 g/mol. The summed E-state index contributed by atoms with van der Waals surface area (Å²) in [5, 5.41) is 3.13. The number of likely N-dealkylation sites (N-methyl/N-ethyl adjacent to an activating group) is 1. The summed E-state index contributed by atoms with van der Waals surface area (Å²) < 4.78 is 6.16. The van der Waals surface area contributed by atoms with Crippen molar-refractivity contribution in [1.82, 2.24) is 4.98 Å². The number of benzene rings is 1. The first kappa shape index (κ1) is 13.5. The Hall–Kier alpha value is -1.46. The standard InChI is InChI=1S/C14H16ClN3OS/c1-14(2)7-18(3)11-5-8(15)4-9(12(11)19-14)10-6-20-13(16)17-10/h4-6H,7H2,1-3H3,(H2,16,17). The molecule has 1 aromatic heterocycles. The van der Waals surface area contributed by atoms with Crippen LogP contribution >= 0.6 is 22.9 Å². The predicted molar refractivity (Wildman–Crippen MR) is 84.9 cm³/mol. The van der Waals surface area contributed by atoms with Crippen LogP contribution in [0.3, 0.4) is 0 Å². The molecule has 106 valence electrons. The van der Waals surface area contributed by atoms with Gasteiger partial charge in [-0.05, 0) is 26.0 Å².